The van der Waals surface area contributed by atoms with Crippen LogP contribution in [0.15, 0.2) is 41.3 Å². The fourth-order valence-electron chi connectivity index (χ4n) is 2.91. The van der Waals surface area contributed by atoms with Gasteiger partial charge in [0, 0.05) is 13.1 Å². The molecule has 1 N–H and O–H groups in total. The van der Waals surface area contributed by atoms with Crippen molar-refractivity contribution in [1.82, 2.24) is 4.31 Å². The van der Waals surface area contributed by atoms with Crippen molar-refractivity contribution in [3.8, 4) is 0 Å². The first kappa shape index (κ1) is 23.5. The number of anilines is 1. The fourth-order valence-corrected chi connectivity index (χ4v) is 4.70. The lowest BCUT2D eigenvalue weighted by atomic mass is 10.1. The molecule has 2 aromatic rings. The molecule has 1 fully saturated rings. The number of hydrogen-bond acceptors (Lipinski definition) is 6. The maximum atomic E-state index is 12.8. The van der Waals surface area contributed by atoms with Gasteiger partial charge in [-0.3, -0.25) is 4.79 Å². The third-order valence-corrected chi connectivity index (χ3v) is 7.31. The first-order chi connectivity index (χ1) is 14.7. The number of hydrogen-bond donors (Lipinski definition) is 1. The quantitative estimate of drug-likeness (QED) is 0.629. The van der Waals surface area contributed by atoms with Crippen molar-refractivity contribution in [2.75, 3.05) is 38.2 Å². The van der Waals surface area contributed by atoms with Gasteiger partial charge in [0.05, 0.1) is 39.4 Å². The maximum Gasteiger partial charge on any atom is 0.338 e. The third-order valence-electron chi connectivity index (χ3n) is 4.60. The van der Waals surface area contributed by atoms with Crippen molar-refractivity contribution in [2.24, 2.45) is 0 Å². The first-order valence-corrected chi connectivity index (χ1v) is 11.5. The predicted octanol–water partition coefficient (Wildman–Crippen LogP) is 3.12. The molecule has 31 heavy (non-hydrogen) atoms. The number of nitrogens with one attached hydrogen (secondary N) is 1. The van der Waals surface area contributed by atoms with Gasteiger partial charge >= 0.3 is 5.97 Å². The van der Waals surface area contributed by atoms with Crippen molar-refractivity contribution >= 4 is 50.8 Å². The smallest absolute Gasteiger partial charge is 0.338 e. The number of nitrogens with zero attached hydrogens (tertiary/aromatic N) is 1. The van der Waals surface area contributed by atoms with E-state index in [1.807, 2.05) is 0 Å². The second kappa shape index (κ2) is 9.97. The van der Waals surface area contributed by atoms with Gasteiger partial charge in [0.2, 0.25) is 10.0 Å². The Morgan fingerprint density at radius 3 is 2.58 bits per heavy atom. The molecule has 0 unspecified atom stereocenters. The van der Waals surface area contributed by atoms with Crippen molar-refractivity contribution in [3.63, 3.8) is 0 Å². The second-order valence-corrected chi connectivity index (χ2v) is 9.44. The van der Waals surface area contributed by atoms with E-state index >= 15 is 0 Å². The van der Waals surface area contributed by atoms with Crippen LogP contribution in [0, 0.1) is 6.92 Å². The van der Waals surface area contributed by atoms with Crippen LogP contribution < -0.4 is 5.32 Å². The molecule has 1 aliphatic heterocycles. The van der Waals surface area contributed by atoms with Gasteiger partial charge in [-0.25, -0.2) is 13.2 Å². The van der Waals surface area contributed by atoms with E-state index in [1.54, 1.807) is 25.1 Å². The standard InChI is InChI=1S/C20H20Cl2N2O6S/c1-13-5-6-14(31(27,28)24-7-9-29-10-8-24)11-15(13)20(26)30-12-18(25)23-17-4-2-3-16(21)19(17)22/h2-6,11H,7-10,12H2,1H3,(H,23,25). The van der Waals surface area contributed by atoms with Crippen LogP contribution in [0.1, 0.15) is 15.9 Å². The number of benzene rings is 2. The van der Waals surface area contributed by atoms with E-state index in [1.165, 1.54) is 22.5 Å². The molecule has 0 atom stereocenters. The third kappa shape index (κ3) is 5.55. The summed E-state index contributed by atoms with van der Waals surface area (Å²) in [6.45, 7) is 2.16. The molecule has 1 amide bonds. The van der Waals surface area contributed by atoms with Gasteiger partial charge in [-0.05, 0) is 36.8 Å². The Hall–Kier alpha value is -2.17. The molecule has 0 radical (unpaired) electrons. The van der Waals surface area contributed by atoms with E-state index in [0.717, 1.165) is 0 Å². The van der Waals surface area contributed by atoms with Crippen LogP contribution in [-0.2, 0) is 24.3 Å². The molecule has 0 spiro atoms. The van der Waals surface area contributed by atoms with Crippen LogP contribution in [0.4, 0.5) is 5.69 Å². The number of halogens is 2. The topological polar surface area (TPSA) is 102 Å². The lowest BCUT2D eigenvalue weighted by Crippen LogP contribution is -2.40. The number of sulfonamides is 1. The van der Waals surface area contributed by atoms with Crippen molar-refractivity contribution < 1.29 is 27.5 Å². The van der Waals surface area contributed by atoms with E-state index in [9.17, 15) is 18.0 Å². The summed E-state index contributed by atoms with van der Waals surface area (Å²) >= 11 is 11.9. The van der Waals surface area contributed by atoms with Crippen LogP contribution in [0.5, 0.6) is 0 Å². The summed E-state index contributed by atoms with van der Waals surface area (Å²) in [7, 11) is -3.78. The first-order valence-electron chi connectivity index (χ1n) is 9.29. The monoisotopic (exact) mass is 486 g/mol. The normalized spacial score (nSPS) is 14.8. The largest absolute Gasteiger partial charge is 0.452 e. The summed E-state index contributed by atoms with van der Waals surface area (Å²) in [5.74, 6) is -1.43. The molecule has 1 aliphatic rings. The number of amides is 1. The molecule has 3 rings (SSSR count). The molecule has 0 saturated carbocycles. The Labute approximate surface area is 190 Å². The SMILES string of the molecule is Cc1ccc(S(=O)(=O)N2CCOCC2)cc1C(=O)OCC(=O)Nc1cccc(Cl)c1Cl. The minimum Gasteiger partial charge on any atom is -0.452 e. The minimum absolute atomic E-state index is 0.0258. The summed E-state index contributed by atoms with van der Waals surface area (Å²) in [5.41, 5.74) is 0.858. The van der Waals surface area contributed by atoms with Gasteiger partial charge < -0.3 is 14.8 Å². The summed E-state index contributed by atoms with van der Waals surface area (Å²) < 4.78 is 37.2. The molecular formula is C20H20Cl2N2O6S. The number of aryl methyl sites for hydroxylation is 1. The van der Waals surface area contributed by atoms with Gasteiger partial charge in [0.1, 0.15) is 0 Å². The van der Waals surface area contributed by atoms with Gasteiger partial charge in [-0.2, -0.15) is 4.31 Å². The summed E-state index contributed by atoms with van der Waals surface area (Å²) in [6, 6.07) is 8.95. The van der Waals surface area contributed by atoms with E-state index in [2.05, 4.69) is 5.32 Å². The van der Waals surface area contributed by atoms with E-state index < -0.39 is 28.5 Å². The van der Waals surface area contributed by atoms with Crippen LogP contribution in [0.2, 0.25) is 10.0 Å². The Morgan fingerprint density at radius 2 is 1.87 bits per heavy atom. The summed E-state index contributed by atoms with van der Waals surface area (Å²) in [4.78, 5) is 24.6. The molecule has 0 aliphatic carbocycles. The van der Waals surface area contributed by atoms with Crippen LogP contribution in [0.25, 0.3) is 0 Å². The van der Waals surface area contributed by atoms with Gasteiger partial charge in [0.25, 0.3) is 5.91 Å². The highest BCUT2D eigenvalue weighted by Crippen LogP contribution is 2.29. The van der Waals surface area contributed by atoms with Crippen LogP contribution >= 0.6 is 23.2 Å². The average molecular weight is 487 g/mol. The highest BCUT2D eigenvalue weighted by Gasteiger charge is 2.27. The summed E-state index contributed by atoms with van der Waals surface area (Å²) in [6.07, 6.45) is 0. The van der Waals surface area contributed by atoms with Crippen molar-refractivity contribution in [3.05, 3.63) is 57.6 Å². The Kier molecular flexibility index (Phi) is 7.55. The van der Waals surface area contributed by atoms with Crippen molar-refractivity contribution in [1.29, 1.82) is 0 Å². The van der Waals surface area contributed by atoms with E-state index in [-0.39, 0.29) is 39.3 Å². The molecule has 0 aromatic heterocycles. The zero-order valence-corrected chi connectivity index (χ0v) is 18.9. The average Bonchev–Trinajstić information content (AvgIpc) is 2.76. The zero-order valence-electron chi connectivity index (χ0n) is 16.6. The molecule has 0 bridgehead atoms. The molecule has 2 aromatic carbocycles. The maximum absolute atomic E-state index is 12.8. The lowest BCUT2D eigenvalue weighted by molar-refractivity contribution is -0.119. The summed E-state index contributed by atoms with van der Waals surface area (Å²) in [5, 5.41) is 2.94. The lowest BCUT2D eigenvalue weighted by Gasteiger charge is -2.26. The molecular weight excluding hydrogens is 467 g/mol. The number of morpholine rings is 1. The Balaban J connectivity index is 1.69. The molecule has 1 saturated heterocycles. The molecule has 1 heterocycles. The number of carbonyl (C=O) groups is 2. The highest BCUT2D eigenvalue weighted by atomic mass is 35.5. The number of carbonyl (C=O) groups excluding carboxylic acids is 2. The van der Waals surface area contributed by atoms with Crippen molar-refractivity contribution in [2.45, 2.75) is 11.8 Å². The van der Waals surface area contributed by atoms with Gasteiger partial charge in [-0.1, -0.05) is 35.3 Å². The van der Waals surface area contributed by atoms with E-state index in [0.29, 0.717) is 18.8 Å². The number of rotatable bonds is 6. The van der Waals surface area contributed by atoms with Crippen LogP contribution in [-0.4, -0.2) is 57.5 Å². The zero-order chi connectivity index (χ0) is 22.6. The second-order valence-electron chi connectivity index (χ2n) is 6.72. The Morgan fingerprint density at radius 1 is 1.16 bits per heavy atom. The molecule has 11 heteroatoms. The molecule has 8 nitrogen and oxygen atoms in total. The van der Waals surface area contributed by atoms with Gasteiger partial charge in [-0.15, -0.1) is 0 Å². The number of ether oxygens (including phenoxy) is 2. The number of esters is 1. The fraction of sp³-hybridized carbons (Fsp3) is 0.300. The van der Waals surface area contributed by atoms with Crippen LogP contribution in [0.3, 0.4) is 0 Å². The minimum atomic E-state index is -3.78. The van der Waals surface area contributed by atoms with Gasteiger partial charge in [0.15, 0.2) is 6.61 Å². The molecule has 166 valence electrons. The Bertz CT molecular complexity index is 1100. The van der Waals surface area contributed by atoms with E-state index in [4.69, 9.17) is 32.7 Å². The highest BCUT2D eigenvalue weighted by molar-refractivity contribution is 7.89. The predicted molar refractivity (Wildman–Crippen MR) is 116 cm³/mol.